The van der Waals surface area contributed by atoms with Gasteiger partial charge in [0.1, 0.15) is 5.75 Å². The van der Waals surface area contributed by atoms with Gasteiger partial charge in [0, 0.05) is 13.1 Å². The van der Waals surface area contributed by atoms with Crippen molar-refractivity contribution in [1.82, 2.24) is 10.2 Å². The number of piperidine rings is 1. The molecule has 0 aromatic heterocycles. The summed E-state index contributed by atoms with van der Waals surface area (Å²) in [5.41, 5.74) is 1.10. The van der Waals surface area contributed by atoms with E-state index in [0.717, 1.165) is 37.4 Å². The van der Waals surface area contributed by atoms with Crippen LogP contribution < -0.4 is 10.1 Å². The maximum Gasteiger partial charge on any atom is 0.264 e. The Morgan fingerprint density at radius 2 is 2.14 bits per heavy atom. The van der Waals surface area contributed by atoms with Crippen LogP contribution in [0.5, 0.6) is 5.75 Å². The molecule has 21 heavy (non-hydrogen) atoms. The summed E-state index contributed by atoms with van der Waals surface area (Å²) in [6.45, 7) is 6.04. The third-order valence-corrected chi connectivity index (χ3v) is 4.04. The van der Waals surface area contributed by atoms with Crippen LogP contribution in [0.3, 0.4) is 0 Å². The van der Waals surface area contributed by atoms with Crippen LogP contribution in [0.2, 0.25) is 0 Å². The van der Waals surface area contributed by atoms with Gasteiger partial charge >= 0.3 is 0 Å². The highest BCUT2D eigenvalue weighted by Gasteiger charge is 2.19. The van der Waals surface area contributed by atoms with Gasteiger partial charge in [0.25, 0.3) is 5.91 Å². The van der Waals surface area contributed by atoms with Gasteiger partial charge in [0.15, 0.2) is 11.7 Å². The zero-order valence-corrected chi connectivity index (χ0v) is 13.4. The molecule has 1 aromatic carbocycles. The summed E-state index contributed by atoms with van der Waals surface area (Å²) in [4.78, 5) is 13.9. The van der Waals surface area contributed by atoms with Gasteiger partial charge in [-0.1, -0.05) is 19.1 Å². The molecular formula is C16H22N2O2S. The molecule has 1 heterocycles. The van der Waals surface area contributed by atoms with Gasteiger partial charge < -0.3 is 15.0 Å². The van der Waals surface area contributed by atoms with Crippen molar-refractivity contribution in [3.8, 4) is 5.75 Å². The topological polar surface area (TPSA) is 41.6 Å². The summed E-state index contributed by atoms with van der Waals surface area (Å²) in [6, 6.07) is 7.63. The van der Waals surface area contributed by atoms with Crippen LogP contribution >= 0.6 is 12.2 Å². The van der Waals surface area contributed by atoms with E-state index in [-0.39, 0.29) is 12.5 Å². The summed E-state index contributed by atoms with van der Waals surface area (Å²) in [6.07, 6.45) is 2.24. The molecule has 0 bridgehead atoms. The van der Waals surface area contributed by atoms with Crippen molar-refractivity contribution in [1.29, 1.82) is 0 Å². The zero-order valence-electron chi connectivity index (χ0n) is 12.6. The predicted molar refractivity (Wildman–Crippen MR) is 87.4 cm³/mol. The highest BCUT2D eigenvalue weighted by molar-refractivity contribution is 7.80. The normalized spacial score (nSPS) is 15.6. The first-order chi connectivity index (χ1) is 10.0. The van der Waals surface area contributed by atoms with Crippen LogP contribution in [-0.4, -0.2) is 35.6 Å². The van der Waals surface area contributed by atoms with Gasteiger partial charge in [-0.15, -0.1) is 0 Å². The fraction of sp³-hybridized carbons (Fsp3) is 0.500. The third kappa shape index (κ3) is 5.01. The molecule has 0 radical (unpaired) electrons. The number of likely N-dealkylation sites (tertiary alicyclic amines) is 1. The zero-order chi connectivity index (χ0) is 15.2. The smallest absolute Gasteiger partial charge is 0.264 e. The van der Waals surface area contributed by atoms with E-state index in [1.54, 1.807) is 0 Å². The first-order valence-corrected chi connectivity index (χ1v) is 7.73. The second-order valence-corrected chi connectivity index (χ2v) is 6.01. The Kier molecular flexibility index (Phi) is 5.56. The van der Waals surface area contributed by atoms with Gasteiger partial charge in [-0.3, -0.25) is 4.79 Å². The van der Waals surface area contributed by atoms with Crippen molar-refractivity contribution in [2.75, 3.05) is 19.7 Å². The lowest BCUT2D eigenvalue weighted by Gasteiger charge is -2.32. The number of hydrogen-bond acceptors (Lipinski definition) is 3. The summed E-state index contributed by atoms with van der Waals surface area (Å²) in [5.74, 6) is 1.23. The average Bonchev–Trinajstić information content (AvgIpc) is 2.46. The Morgan fingerprint density at radius 1 is 1.43 bits per heavy atom. The predicted octanol–water partition coefficient (Wildman–Crippen LogP) is 2.51. The second kappa shape index (κ2) is 7.41. The Bertz CT molecular complexity index is 511. The molecular weight excluding hydrogens is 284 g/mol. The van der Waals surface area contributed by atoms with E-state index < -0.39 is 0 Å². The molecule has 4 nitrogen and oxygen atoms in total. The molecule has 1 saturated heterocycles. The number of thiocarbonyl (C=S) groups is 1. The SMILES string of the molecule is Cc1cccc(OCC(=O)NC(=S)N2CCC(C)CC2)c1. The van der Waals surface area contributed by atoms with Crippen LogP contribution in [0.15, 0.2) is 24.3 Å². The quantitative estimate of drug-likeness (QED) is 0.871. The molecule has 1 amide bonds. The Hall–Kier alpha value is -1.62. The van der Waals surface area contributed by atoms with Crippen molar-refractivity contribution in [2.45, 2.75) is 26.7 Å². The van der Waals surface area contributed by atoms with Gasteiger partial charge in [-0.05, 0) is 55.6 Å². The minimum atomic E-state index is -0.208. The van der Waals surface area contributed by atoms with Crippen molar-refractivity contribution >= 4 is 23.2 Å². The summed E-state index contributed by atoms with van der Waals surface area (Å²) in [5, 5.41) is 3.26. The number of amides is 1. The average molecular weight is 306 g/mol. The molecule has 1 N–H and O–H groups in total. The maximum atomic E-state index is 11.9. The molecule has 1 aromatic rings. The monoisotopic (exact) mass is 306 g/mol. The number of aryl methyl sites for hydroxylation is 1. The fourth-order valence-corrected chi connectivity index (χ4v) is 2.60. The van der Waals surface area contributed by atoms with Crippen LogP contribution in [0.1, 0.15) is 25.3 Å². The molecule has 1 aliphatic rings. The number of hydrogen-bond donors (Lipinski definition) is 1. The van der Waals surface area contributed by atoms with Gasteiger partial charge in [0.05, 0.1) is 0 Å². The lowest BCUT2D eigenvalue weighted by molar-refractivity contribution is -0.121. The highest BCUT2D eigenvalue weighted by atomic mass is 32.1. The lowest BCUT2D eigenvalue weighted by atomic mass is 10.00. The second-order valence-electron chi connectivity index (χ2n) is 5.63. The van der Waals surface area contributed by atoms with Crippen LogP contribution in [-0.2, 0) is 4.79 Å². The number of nitrogens with one attached hydrogen (secondary N) is 1. The molecule has 0 unspecified atom stereocenters. The molecule has 114 valence electrons. The van der Waals surface area contributed by atoms with Gasteiger partial charge in [-0.2, -0.15) is 0 Å². The van der Waals surface area contributed by atoms with Crippen molar-refractivity contribution in [2.24, 2.45) is 5.92 Å². The van der Waals surface area contributed by atoms with Crippen molar-refractivity contribution in [3.63, 3.8) is 0 Å². The Morgan fingerprint density at radius 3 is 2.81 bits per heavy atom. The number of rotatable bonds is 3. The molecule has 0 atom stereocenters. The number of carbonyl (C=O) groups is 1. The van der Waals surface area contributed by atoms with E-state index in [9.17, 15) is 4.79 Å². The Labute approximate surface area is 131 Å². The summed E-state index contributed by atoms with van der Waals surface area (Å²) >= 11 is 5.28. The molecule has 1 aliphatic heterocycles. The first-order valence-electron chi connectivity index (χ1n) is 7.33. The number of nitrogens with zero attached hydrogens (tertiary/aromatic N) is 1. The standard InChI is InChI=1S/C16H22N2O2S/c1-12-6-8-18(9-7-12)16(21)17-15(19)11-20-14-5-3-4-13(2)10-14/h3-5,10,12H,6-9,11H2,1-2H3,(H,17,19,21). The van der Waals surface area contributed by atoms with Crippen LogP contribution in [0, 0.1) is 12.8 Å². The summed E-state index contributed by atoms with van der Waals surface area (Å²) in [7, 11) is 0. The van der Waals surface area contributed by atoms with Crippen molar-refractivity contribution < 1.29 is 9.53 Å². The molecule has 1 fully saturated rings. The molecule has 0 aliphatic carbocycles. The molecule has 2 rings (SSSR count). The Balaban J connectivity index is 1.75. The maximum absolute atomic E-state index is 11.9. The van der Waals surface area contributed by atoms with Crippen LogP contribution in [0.4, 0.5) is 0 Å². The van der Waals surface area contributed by atoms with E-state index in [4.69, 9.17) is 17.0 Å². The van der Waals surface area contributed by atoms with Gasteiger partial charge in [0.2, 0.25) is 0 Å². The third-order valence-electron chi connectivity index (χ3n) is 3.68. The molecule has 0 saturated carbocycles. The minimum absolute atomic E-state index is 0.0200. The van der Waals surface area contributed by atoms with Gasteiger partial charge in [-0.25, -0.2) is 0 Å². The van der Waals surface area contributed by atoms with E-state index in [1.165, 1.54) is 0 Å². The van der Waals surface area contributed by atoms with Crippen molar-refractivity contribution in [3.05, 3.63) is 29.8 Å². The first kappa shape index (κ1) is 15.8. The molecule has 0 spiro atoms. The number of benzene rings is 1. The number of carbonyl (C=O) groups excluding carboxylic acids is 1. The fourth-order valence-electron chi connectivity index (χ4n) is 2.30. The lowest BCUT2D eigenvalue weighted by Crippen LogP contribution is -2.47. The van der Waals surface area contributed by atoms with E-state index in [0.29, 0.717) is 10.9 Å². The summed E-state index contributed by atoms with van der Waals surface area (Å²) < 4.78 is 5.46. The van der Waals surface area contributed by atoms with E-state index in [1.807, 2.05) is 31.2 Å². The molecule has 5 heteroatoms. The minimum Gasteiger partial charge on any atom is -0.484 e. The largest absolute Gasteiger partial charge is 0.484 e. The number of ether oxygens (including phenoxy) is 1. The van der Waals surface area contributed by atoms with E-state index in [2.05, 4.69) is 17.1 Å². The van der Waals surface area contributed by atoms with E-state index >= 15 is 0 Å². The highest BCUT2D eigenvalue weighted by Crippen LogP contribution is 2.16. The van der Waals surface area contributed by atoms with Crippen LogP contribution in [0.25, 0.3) is 0 Å².